The van der Waals surface area contributed by atoms with Crippen molar-refractivity contribution in [3.8, 4) is 0 Å². The molecule has 0 spiro atoms. The molecule has 0 bridgehead atoms. The fourth-order valence-corrected chi connectivity index (χ4v) is 5.37. The number of amides is 2. The first-order valence-corrected chi connectivity index (χ1v) is 11.7. The lowest BCUT2D eigenvalue weighted by Gasteiger charge is -2.36. The maximum absolute atomic E-state index is 12.8. The Morgan fingerprint density at radius 1 is 0.821 bits per heavy atom. The summed E-state index contributed by atoms with van der Waals surface area (Å²) >= 11 is 0. The molecular weight excluding hydrogens is 344 g/mol. The van der Waals surface area contributed by atoms with Gasteiger partial charge in [0, 0.05) is 11.7 Å². The third kappa shape index (κ3) is 5.30. The van der Waals surface area contributed by atoms with Gasteiger partial charge in [-0.25, -0.2) is 4.79 Å². The minimum absolute atomic E-state index is 0.0314. The first kappa shape index (κ1) is 21.2. The Morgan fingerprint density at radius 2 is 1.36 bits per heavy atom. The average Bonchev–Trinajstić information content (AvgIpc) is 2.69. The van der Waals surface area contributed by atoms with Gasteiger partial charge in [-0.1, -0.05) is 78.0 Å². The number of carbonyl (C=O) groups excluding carboxylic acids is 1. The highest BCUT2D eigenvalue weighted by Crippen LogP contribution is 2.38. The summed E-state index contributed by atoms with van der Waals surface area (Å²) in [5, 5.41) is 6.49. The minimum Gasteiger partial charge on any atom is -0.335 e. The molecule has 3 heteroatoms. The molecule has 0 atom stereocenters. The summed E-state index contributed by atoms with van der Waals surface area (Å²) in [5.41, 5.74) is 3.46. The van der Waals surface area contributed by atoms with Gasteiger partial charge in [0.25, 0.3) is 0 Å². The summed E-state index contributed by atoms with van der Waals surface area (Å²) in [4.78, 5) is 12.8. The number of benzene rings is 1. The zero-order valence-electron chi connectivity index (χ0n) is 18.4. The van der Waals surface area contributed by atoms with Gasteiger partial charge in [0.05, 0.1) is 0 Å². The van der Waals surface area contributed by atoms with Crippen LogP contribution < -0.4 is 10.6 Å². The molecule has 0 aromatic heterocycles. The van der Waals surface area contributed by atoms with Crippen molar-refractivity contribution in [2.24, 2.45) is 11.8 Å². The van der Waals surface area contributed by atoms with Gasteiger partial charge in [0.1, 0.15) is 0 Å². The van der Waals surface area contributed by atoms with Crippen LogP contribution in [-0.2, 0) is 0 Å². The van der Waals surface area contributed by atoms with Crippen LogP contribution in [0.15, 0.2) is 18.2 Å². The lowest BCUT2D eigenvalue weighted by atomic mass is 9.72. The molecule has 0 heterocycles. The van der Waals surface area contributed by atoms with Gasteiger partial charge in [-0.15, -0.1) is 0 Å². The Kier molecular flexibility index (Phi) is 7.42. The number of hydrogen-bond acceptors (Lipinski definition) is 1. The highest BCUT2D eigenvalue weighted by atomic mass is 16.2. The van der Waals surface area contributed by atoms with E-state index in [9.17, 15) is 4.79 Å². The summed E-state index contributed by atoms with van der Waals surface area (Å²) in [6, 6.07) is 6.69. The fourth-order valence-electron chi connectivity index (χ4n) is 5.37. The van der Waals surface area contributed by atoms with E-state index in [-0.39, 0.29) is 6.03 Å². The van der Waals surface area contributed by atoms with Crippen molar-refractivity contribution >= 4 is 11.7 Å². The molecule has 2 amide bonds. The second-order valence-corrected chi connectivity index (χ2v) is 9.73. The zero-order chi connectivity index (χ0) is 20.1. The van der Waals surface area contributed by atoms with Crippen LogP contribution in [0.25, 0.3) is 0 Å². The summed E-state index contributed by atoms with van der Waals surface area (Å²) < 4.78 is 0. The van der Waals surface area contributed by atoms with Crippen molar-refractivity contribution in [1.82, 2.24) is 5.32 Å². The molecule has 156 valence electrons. The van der Waals surface area contributed by atoms with Crippen molar-refractivity contribution < 1.29 is 4.79 Å². The van der Waals surface area contributed by atoms with E-state index in [1.807, 2.05) is 0 Å². The molecule has 28 heavy (non-hydrogen) atoms. The number of rotatable bonds is 5. The standard InChI is InChI=1S/C25H40N2O/c1-17(2)22-11-8-12-23(18(3)4)24(22)27-25(28)26-21-15-13-20(14-16-21)19-9-6-5-7-10-19/h8,11-12,17-21H,5-7,9-10,13-16H2,1-4H3,(H2,26,27,28)/t20-,21-. The molecule has 1 aromatic carbocycles. The Balaban J connectivity index is 1.56. The SMILES string of the molecule is CC(C)c1cccc(C(C)C)c1NC(=O)N[C@H]1CC[C@H](C2CCCCC2)CC1. The second kappa shape index (κ2) is 9.80. The monoisotopic (exact) mass is 384 g/mol. The largest absolute Gasteiger partial charge is 0.335 e. The van der Waals surface area contributed by atoms with Gasteiger partial charge in [-0.3, -0.25) is 0 Å². The molecule has 2 fully saturated rings. The molecule has 0 radical (unpaired) electrons. The van der Waals surface area contributed by atoms with Crippen LogP contribution in [0.4, 0.5) is 10.5 Å². The van der Waals surface area contributed by atoms with Crippen LogP contribution in [0.3, 0.4) is 0 Å². The first-order valence-electron chi connectivity index (χ1n) is 11.7. The van der Waals surface area contributed by atoms with E-state index in [4.69, 9.17) is 0 Å². The highest BCUT2D eigenvalue weighted by Gasteiger charge is 2.29. The van der Waals surface area contributed by atoms with Crippen LogP contribution >= 0.6 is 0 Å². The predicted molar refractivity (Wildman–Crippen MR) is 119 cm³/mol. The number of urea groups is 1. The molecule has 2 aliphatic carbocycles. The second-order valence-electron chi connectivity index (χ2n) is 9.73. The van der Waals surface area contributed by atoms with Gasteiger partial charge in [0.2, 0.25) is 0 Å². The number of nitrogens with one attached hydrogen (secondary N) is 2. The molecule has 0 unspecified atom stereocenters. The molecule has 0 saturated heterocycles. The number of carbonyl (C=O) groups is 1. The third-order valence-corrected chi connectivity index (χ3v) is 7.04. The lowest BCUT2D eigenvalue weighted by Crippen LogP contribution is -2.41. The molecule has 3 rings (SSSR count). The molecule has 3 nitrogen and oxygen atoms in total. The van der Waals surface area contributed by atoms with Gasteiger partial charge in [-0.2, -0.15) is 0 Å². The smallest absolute Gasteiger partial charge is 0.319 e. The molecular formula is C25H40N2O. The van der Waals surface area contributed by atoms with Crippen LogP contribution in [0, 0.1) is 11.8 Å². The highest BCUT2D eigenvalue weighted by molar-refractivity contribution is 5.91. The fraction of sp³-hybridized carbons (Fsp3) is 0.720. The summed E-state index contributed by atoms with van der Waals surface area (Å²) in [6.45, 7) is 8.76. The third-order valence-electron chi connectivity index (χ3n) is 7.04. The minimum atomic E-state index is -0.0314. The Labute approximate surface area is 172 Å². The van der Waals surface area contributed by atoms with E-state index in [2.05, 4.69) is 56.5 Å². The lowest BCUT2D eigenvalue weighted by molar-refractivity contribution is 0.177. The number of para-hydroxylation sites is 1. The molecule has 2 saturated carbocycles. The van der Waals surface area contributed by atoms with Crippen molar-refractivity contribution in [3.05, 3.63) is 29.3 Å². The maximum atomic E-state index is 12.8. The van der Waals surface area contributed by atoms with E-state index in [0.717, 1.165) is 30.4 Å². The Morgan fingerprint density at radius 3 is 1.89 bits per heavy atom. The first-order chi connectivity index (χ1) is 13.5. The number of hydrogen-bond donors (Lipinski definition) is 2. The van der Waals surface area contributed by atoms with Crippen molar-refractivity contribution in [2.75, 3.05) is 5.32 Å². The van der Waals surface area contributed by atoms with Crippen LogP contribution in [0.5, 0.6) is 0 Å². The predicted octanol–water partition coefficient (Wildman–Crippen LogP) is 7.19. The van der Waals surface area contributed by atoms with Crippen LogP contribution in [0.2, 0.25) is 0 Å². The van der Waals surface area contributed by atoms with Crippen molar-refractivity contribution in [3.63, 3.8) is 0 Å². The van der Waals surface area contributed by atoms with Gasteiger partial charge in [0.15, 0.2) is 0 Å². The average molecular weight is 385 g/mol. The summed E-state index contributed by atoms with van der Waals surface area (Å²) in [5.74, 6) is 2.63. The van der Waals surface area contributed by atoms with E-state index in [0.29, 0.717) is 17.9 Å². The van der Waals surface area contributed by atoms with Crippen LogP contribution in [-0.4, -0.2) is 12.1 Å². The molecule has 0 aliphatic heterocycles. The summed E-state index contributed by atoms with van der Waals surface area (Å²) in [6.07, 6.45) is 12.0. The van der Waals surface area contributed by atoms with Gasteiger partial charge >= 0.3 is 6.03 Å². The van der Waals surface area contributed by atoms with E-state index < -0.39 is 0 Å². The van der Waals surface area contributed by atoms with Crippen molar-refractivity contribution in [1.29, 1.82) is 0 Å². The summed E-state index contributed by atoms with van der Waals surface area (Å²) in [7, 11) is 0. The molecule has 2 N–H and O–H groups in total. The van der Waals surface area contributed by atoms with E-state index in [1.165, 1.54) is 56.1 Å². The van der Waals surface area contributed by atoms with E-state index >= 15 is 0 Å². The van der Waals surface area contributed by atoms with Gasteiger partial charge < -0.3 is 10.6 Å². The van der Waals surface area contributed by atoms with Crippen molar-refractivity contribution in [2.45, 2.75) is 103 Å². The quantitative estimate of drug-likeness (QED) is 0.554. The van der Waals surface area contributed by atoms with Crippen LogP contribution in [0.1, 0.15) is 108 Å². The molecule has 1 aromatic rings. The van der Waals surface area contributed by atoms with Gasteiger partial charge in [-0.05, 0) is 60.5 Å². The Hall–Kier alpha value is -1.51. The zero-order valence-corrected chi connectivity index (χ0v) is 18.4. The maximum Gasteiger partial charge on any atom is 0.319 e. The van der Waals surface area contributed by atoms with E-state index in [1.54, 1.807) is 0 Å². The molecule has 2 aliphatic rings. The normalized spacial score (nSPS) is 23.8. The topological polar surface area (TPSA) is 41.1 Å². The Bertz CT molecular complexity index is 612. The number of anilines is 1.